The van der Waals surface area contributed by atoms with Crippen LogP contribution >= 0.6 is 0 Å². The fraction of sp³-hybridized carbons (Fsp3) is 0.316. The summed E-state index contributed by atoms with van der Waals surface area (Å²) >= 11 is 0. The van der Waals surface area contributed by atoms with Crippen LogP contribution in [0.5, 0.6) is 0 Å². The third kappa shape index (κ3) is 4.98. The Bertz CT molecular complexity index is 965. The van der Waals surface area contributed by atoms with Crippen molar-refractivity contribution in [2.24, 2.45) is 0 Å². The molecule has 154 valence electrons. The van der Waals surface area contributed by atoms with Gasteiger partial charge < -0.3 is 19.8 Å². The van der Waals surface area contributed by atoms with E-state index in [9.17, 15) is 24.5 Å². The topological polar surface area (TPSA) is 141 Å². The third-order valence-electron chi connectivity index (χ3n) is 4.10. The lowest BCUT2D eigenvalue weighted by Crippen LogP contribution is -2.30. The number of carbonyl (C=O) groups is 3. The van der Waals surface area contributed by atoms with Gasteiger partial charge in [0.15, 0.2) is 6.10 Å². The highest BCUT2D eigenvalue weighted by atomic mass is 16.6. The molecule has 0 fully saturated rings. The van der Waals surface area contributed by atoms with Crippen molar-refractivity contribution in [3.63, 3.8) is 0 Å². The standard InChI is InChI=1S/C19H21N3O7/c1-5-28-19(25)16-10(2)15(11(3)20-16)18(24)29-12(4)17(23)21-13-7-6-8-14(9-13)22(26)27/h6-9,12,20H,5H2,1-4H3,(H,21,23)/t12-/m0/s1. The van der Waals surface area contributed by atoms with Crippen molar-refractivity contribution in [3.8, 4) is 0 Å². The van der Waals surface area contributed by atoms with Gasteiger partial charge in [0.2, 0.25) is 0 Å². The molecule has 0 aliphatic heterocycles. The summed E-state index contributed by atoms with van der Waals surface area (Å²) in [6.07, 6.45) is -1.18. The zero-order valence-electron chi connectivity index (χ0n) is 16.4. The Morgan fingerprint density at radius 1 is 1.24 bits per heavy atom. The number of ether oxygens (including phenoxy) is 2. The van der Waals surface area contributed by atoms with E-state index < -0.39 is 28.9 Å². The summed E-state index contributed by atoms with van der Waals surface area (Å²) in [5.41, 5.74) is 1.07. The number of aromatic nitrogens is 1. The van der Waals surface area contributed by atoms with Crippen LogP contribution in [0.2, 0.25) is 0 Å². The molecule has 0 spiro atoms. The Morgan fingerprint density at radius 2 is 1.93 bits per heavy atom. The number of rotatable bonds is 7. The Kier molecular flexibility index (Phi) is 6.71. The number of non-ortho nitro benzene ring substituents is 1. The second-order valence-electron chi connectivity index (χ2n) is 6.19. The molecule has 0 bridgehead atoms. The SMILES string of the molecule is CCOC(=O)c1[nH]c(C)c(C(=O)O[C@@H](C)C(=O)Nc2cccc([N+](=O)[O-])c2)c1C. The maximum Gasteiger partial charge on any atom is 0.355 e. The third-order valence-corrected chi connectivity index (χ3v) is 4.10. The number of aromatic amines is 1. The smallest absolute Gasteiger partial charge is 0.355 e. The average molecular weight is 403 g/mol. The summed E-state index contributed by atoms with van der Waals surface area (Å²) in [6, 6.07) is 5.38. The van der Waals surface area contributed by atoms with Gasteiger partial charge in [0, 0.05) is 23.5 Å². The molecule has 1 amide bonds. The molecule has 0 unspecified atom stereocenters. The number of aryl methyl sites for hydroxylation is 1. The van der Waals surface area contributed by atoms with Gasteiger partial charge in [-0.1, -0.05) is 6.07 Å². The Labute approximate surface area is 166 Å². The van der Waals surface area contributed by atoms with E-state index >= 15 is 0 Å². The summed E-state index contributed by atoms with van der Waals surface area (Å²) in [5, 5.41) is 13.3. The van der Waals surface area contributed by atoms with Crippen LogP contribution in [-0.4, -0.2) is 40.5 Å². The van der Waals surface area contributed by atoms with E-state index in [0.717, 1.165) is 0 Å². The Hall–Kier alpha value is -3.69. The highest BCUT2D eigenvalue weighted by molar-refractivity contribution is 6.01. The lowest BCUT2D eigenvalue weighted by Gasteiger charge is -2.14. The molecule has 0 saturated heterocycles. The van der Waals surface area contributed by atoms with E-state index in [1.807, 2.05) is 0 Å². The van der Waals surface area contributed by atoms with Gasteiger partial charge in [-0.15, -0.1) is 0 Å². The predicted octanol–water partition coefficient (Wildman–Crippen LogP) is 2.90. The molecule has 0 radical (unpaired) electrons. The van der Waals surface area contributed by atoms with E-state index in [4.69, 9.17) is 9.47 Å². The molecule has 2 rings (SSSR count). The van der Waals surface area contributed by atoms with E-state index in [-0.39, 0.29) is 29.2 Å². The molecule has 1 heterocycles. The maximum atomic E-state index is 12.5. The molecule has 29 heavy (non-hydrogen) atoms. The van der Waals surface area contributed by atoms with Crippen LogP contribution in [-0.2, 0) is 14.3 Å². The molecule has 10 nitrogen and oxygen atoms in total. The minimum atomic E-state index is -1.18. The van der Waals surface area contributed by atoms with Crippen molar-refractivity contribution >= 4 is 29.2 Å². The van der Waals surface area contributed by atoms with Crippen molar-refractivity contribution in [3.05, 3.63) is 56.9 Å². The van der Waals surface area contributed by atoms with Crippen LogP contribution < -0.4 is 5.32 Å². The van der Waals surface area contributed by atoms with Crippen molar-refractivity contribution in [1.82, 2.24) is 4.98 Å². The summed E-state index contributed by atoms with van der Waals surface area (Å²) in [5.74, 6) is -2.03. The van der Waals surface area contributed by atoms with Gasteiger partial charge >= 0.3 is 11.9 Å². The quantitative estimate of drug-likeness (QED) is 0.411. The van der Waals surface area contributed by atoms with Crippen molar-refractivity contribution in [2.45, 2.75) is 33.8 Å². The fourth-order valence-electron chi connectivity index (χ4n) is 2.68. The van der Waals surface area contributed by atoms with Gasteiger partial charge in [-0.05, 0) is 39.3 Å². The van der Waals surface area contributed by atoms with E-state index in [2.05, 4.69) is 10.3 Å². The largest absolute Gasteiger partial charge is 0.461 e. The van der Waals surface area contributed by atoms with Gasteiger partial charge in [0.25, 0.3) is 11.6 Å². The molecular weight excluding hydrogens is 382 g/mol. The first-order chi connectivity index (χ1) is 13.6. The number of amides is 1. The van der Waals surface area contributed by atoms with Gasteiger partial charge in [0.05, 0.1) is 17.1 Å². The molecule has 0 aliphatic carbocycles. The maximum absolute atomic E-state index is 12.5. The number of benzene rings is 1. The van der Waals surface area contributed by atoms with Gasteiger partial charge in [-0.3, -0.25) is 14.9 Å². The second kappa shape index (κ2) is 9.00. The minimum Gasteiger partial charge on any atom is -0.461 e. The number of esters is 2. The number of nitrogens with one attached hydrogen (secondary N) is 2. The van der Waals surface area contributed by atoms with E-state index in [1.54, 1.807) is 20.8 Å². The summed E-state index contributed by atoms with van der Waals surface area (Å²) in [4.78, 5) is 49.8. The zero-order chi connectivity index (χ0) is 21.7. The zero-order valence-corrected chi connectivity index (χ0v) is 16.4. The number of carbonyl (C=O) groups excluding carboxylic acids is 3. The predicted molar refractivity (Wildman–Crippen MR) is 103 cm³/mol. The van der Waals surface area contributed by atoms with Crippen LogP contribution in [0.1, 0.15) is 46.0 Å². The van der Waals surface area contributed by atoms with Crippen LogP contribution in [0, 0.1) is 24.0 Å². The Morgan fingerprint density at radius 3 is 2.55 bits per heavy atom. The summed E-state index contributed by atoms with van der Waals surface area (Å²) < 4.78 is 10.1. The number of nitro benzene ring substituents is 1. The lowest BCUT2D eigenvalue weighted by atomic mass is 10.1. The molecular formula is C19H21N3O7. The fourth-order valence-corrected chi connectivity index (χ4v) is 2.68. The molecule has 0 saturated carbocycles. The Balaban J connectivity index is 2.10. The molecule has 1 aromatic carbocycles. The van der Waals surface area contributed by atoms with Crippen LogP contribution in [0.4, 0.5) is 11.4 Å². The number of nitrogens with zero attached hydrogens (tertiary/aromatic N) is 1. The monoisotopic (exact) mass is 403 g/mol. The first kappa shape index (κ1) is 21.6. The first-order valence-electron chi connectivity index (χ1n) is 8.78. The number of H-pyrrole nitrogens is 1. The van der Waals surface area contributed by atoms with Crippen LogP contribution in [0.25, 0.3) is 0 Å². The number of anilines is 1. The molecule has 1 aromatic heterocycles. The molecule has 1 atom stereocenters. The summed E-state index contributed by atoms with van der Waals surface area (Å²) in [6.45, 7) is 6.39. The molecule has 0 aliphatic rings. The molecule has 10 heteroatoms. The number of nitro groups is 1. The van der Waals surface area contributed by atoms with Crippen molar-refractivity contribution in [2.75, 3.05) is 11.9 Å². The summed E-state index contributed by atoms with van der Waals surface area (Å²) in [7, 11) is 0. The molecule has 2 N–H and O–H groups in total. The van der Waals surface area contributed by atoms with Gasteiger partial charge in [0.1, 0.15) is 5.69 Å². The second-order valence-corrected chi connectivity index (χ2v) is 6.19. The van der Waals surface area contributed by atoms with Crippen molar-refractivity contribution in [1.29, 1.82) is 0 Å². The highest BCUT2D eigenvalue weighted by Gasteiger charge is 2.26. The normalized spacial score (nSPS) is 11.4. The lowest BCUT2D eigenvalue weighted by molar-refractivity contribution is -0.384. The first-order valence-corrected chi connectivity index (χ1v) is 8.78. The van der Waals surface area contributed by atoms with Crippen LogP contribution in [0.15, 0.2) is 24.3 Å². The molecule has 2 aromatic rings. The van der Waals surface area contributed by atoms with Gasteiger partial charge in [-0.2, -0.15) is 0 Å². The highest BCUT2D eigenvalue weighted by Crippen LogP contribution is 2.21. The van der Waals surface area contributed by atoms with Crippen LogP contribution in [0.3, 0.4) is 0 Å². The van der Waals surface area contributed by atoms with E-state index in [1.165, 1.54) is 31.2 Å². The van der Waals surface area contributed by atoms with Gasteiger partial charge in [-0.25, -0.2) is 9.59 Å². The van der Waals surface area contributed by atoms with Crippen molar-refractivity contribution < 1.29 is 28.8 Å². The number of hydrogen-bond donors (Lipinski definition) is 2. The average Bonchev–Trinajstić information content (AvgIpc) is 2.96. The number of hydrogen-bond acceptors (Lipinski definition) is 7. The van der Waals surface area contributed by atoms with E-state index in [0.29, 0.717) is 11.3 Å². The minimum absolute atomic E-state index is 0.142.